The maximum atomic E-state index is 12.0. The number of nitrogen functional groups attached to an aromatic ring is 1. The fourth-order valence-corrected chi connectivity index (χ4v) is 6.94. The van der Waals surface area contributed by atoms with Gasteiger partial charge in [0.25, 0.3) is 0 Å². The number of hydrogen-bond acceptors (Lipinski definition) is 3. The molecule has 138 valence electrons. The van der Waals surface area contributed by atoms with Crippen molar-refractivity contribution in [2.24, 2.45) is 28.6 Å². The number of H-pyrrole nitrogens is 1. The second kappa shape index (κ2) is 5.34. The molecule has 2 fully saturated rings. The molecule has 0 radical (unpaired) electrons. The van der Waals surface area contributed by atoms with Gasteiger partial charge in [-0.25, -0.2) is 4.98 Å². The van der Waals surface area contributed by atoms with E-state index in [9.17, 15) is 4.79 Å². The molecule has 0 aliphatic heterocycles. The average Bonchev–Trinajstić information content (AvgIpc) is 3.18. The highest BCUT2D eigenvalue weighted by atomic mass is 16.1. The van der Waals surface area contributed by atoms with Gasteiger partial charge in [-0.05, 0) is 66.3 Å². The van der Waals surface area contributed by atoms with Crippen molar-refractivity contribution in [1.82, 2.24) is 9.97 Å². The van der Waals surface area contributed by atoms with Crippen LogP contribution >= 0.6 is 0 Å². The largest absolute Gasteiger partial charge is 0.369 e. The monoisotopic (exact) mass is 351 g/mol. The number of nitrogens with one attached hydrogen (secondary N) is 1. The van der Waals surface area contributed by atoms with E-state index in [2.05, 4.69) is 36.0 Å². The molecule has 3 N–H and O–H groups in total. The predicted molar refractivity (Wildman–Crippen MR) is 103 cm³/mol. The van der Waals surface area contributed by atoms with Gasteiger partial charge < -0.3 is 10.7 Å². The number of nitrogens with zero attached hydrogens (tertiary/aromatic N) is 1. The lowest BCUT2D eigenvalue weighted by Crippen LogP contribution is -2.49. The van der Waals surface area contributed by atoms with Crippen molar-refractivity contribution in [3.8, 4) is 0 Å². The molecule has 4 aliphatic carbocycles. The topological polar surface area (TPSA) is 71.8 Å². The van der Waals surface area contributed by atoms with E-state index in [0.717, 1.165) is 43.2 Å². The normalized spacial score (nSPS) is 41.8. The number of allylic oxidation sites excluding steroid dienone is 4. The molecule has 4 nitrogen and oxygen atoms in total. The molecule has 0 bridgehead atoms. The molecular formula is C22H29N3O. The average molecular weight is 351 g/mol. The highest BCUT2D eigenvalue weighted by Gasteiger charge is 2.56. The van der Waals surface area contributed by atoms with Crippen LogP contribution in [0.3, 0.4) is 0 Å². The summed E-state index contributed by atoms with van der Waals surface area (Å²) < 4.78 is 0. The van der Waals surface area contributed by atoms with Gasteiger partial charge in [-0.15, -0.1) is 0 Å². The molecule has 5 atom stereocenters. The molecule has 2 saturated carbocycles. The van der Waals surface area contributed by atoms with Crippen LogP contribution in [0.1, 0.15) is 64.5 Å². The maximum Gasteiger partial charge on any atom is 0.197 e. The Hall–Kier alpha value is -1.84. The van der Waals surface area contributed by atoms with Gasteiger partial charge in [0, 0.05) is 12.8 Å². The van der Waals surface area contributed by atoms with Crippen LogP contribution in [-0.4, -0.2) is 15.8 Å². The summed E-state index contributed by atoms with van der Waals surface area (Å²) in [4.78, 5) is 19.5. The number of aromatic nitrogens is 2. The van der Waals surface area contributed by atoms with E-state index in [1.54, 1.807) is 0 Å². The molecule has 4 aliphatic rings. The summed E-state index contributed by atoms with van der Waals surface area (Å²) in [6.45, 7) is 4.90. The highest BCUT2D eigenvalue weighted by molar-refractivity contribution is 5.82. The summed E-state index contributed by atoms with van der Waals surface area (Å²) >= 11 is 0. The molecule has 0 amide bonds. The van der Waals surface area contributed by atoms with E-state index < -0.39 is 0 Å². The second-order valence-corrected chi connectivity index (χ2v) is 9.47. The van der Waals surface area contributed by atoms with Gasteiger partial charge in [0.2, 0.25) is 0 Å². The molecule has 4 heteroatoms. The first-order valence-electron chi connectivity index (χ1n) is 10.1. The third-order valence-corrected chi connectivity index (χ3v) is 8.40. The fourth-order valence-electron chi connectivity index (χ4n) is 6.94. The van der Waals surface area contributed by atoms with Gasteiger partial charge in [-0.2, -0.15) is 0 Å². The number of hydrogen-bond donors (Lipinski definition) is 2. The van der Waals surface area contributed by atoms with E-state index in [1.807, 2.05) is 6.20 Å². The predicted octanol–water partition coefficient (Wildman–Crippen LogP) is 4.52. The van der Waals surface area contributed by atoms with Crippen LogP contribution in [0.4, 0.5) is 5.95 Å². The Morgan fingerprint density at radius 2 is 2.00 bits per heavy atom. The Balaban J connectivity index is 1.48. The Morgan fingerprint density at radius 3 is 2.77 bits per heavy atom. The van der Waals surface area contributed by atoms with E-state index in [1.165, 1.54) is 24.0 Å². The van der Waals surface area contributed by atoms with Crippen molar-refractivity contribution in [2.45, 2.75) is 58.8 Å². The van der Waals surface area contributed by atoms with Gasteiger partial charge in [-0.1, -0.05) is 31.6 Å². The number of rotatable bonds is 1. The van der Waals surface area contributed by atoms with E-state index >= 15 is 0 Å². The lowest BCUT2D eigenvalue weighted by atomic mass is 9.47. The molecule has 26 heavy (non-hydrogen) atoms. The maximum absolute atomic E-state index is 12.0. The summed E-state index contributed by atoms with van der Waals surface area (Å²) in [7, 11) is 0. The number of aromatic amines is 1. The molecular weight excluding hydrogens is 322 g/mol. The lowest BCUT2D eigenvalue weighted by Gasteiger charge is -2.57. The first kappa shape index (κ1) is 16.3. The minimum atomic E-state index is 0.215. The van der Waals surface area contributed by atoms with Gasteiger partial charge in [-0.3, -0.25) is 4.79 Å². The van der Waals surface area contributed by atoms with Crippen LogP contribution in [0.5, 0.6) is 0 Å². The summed E-state index contributed by atoms with van der Waals surface area (Å²) in [6, 6.07) is 0. The Labute approximate surface area is 155 Å². The Bertz CT molecular complexity index is 834. The van der Waals surface area contributed by atoms with Crippen molar-refractivity contribution in [3.63, 3.8) is 0 Å². The van der Waals surface area contributed by atoms with E-state index in [-0.39, 0.29) is 10.8 Å². The van der Waals surface area contributed by atoms with Gasteiger partial charge >= 0.3 is 0 Å². The molecule has 0 spiro atoms. The summed E-state index contributed by atoms with van der Waals surface area (Å²) in [6.07, 6.45) is 14.1. The summed E-state index contributed by atoms with van der Waals surface area (Å²) in [5.74, 6) is 3.09. The van der Waals surface area contributed by atoms with Gasteiger partial charge in [0.05, 0.1) is 11.9 Å². The molecule has 1 aromatic heterocycles. The summed E-state index contributed by atoms with van der Waals surface area (Å²) in [5.41, 5.74) is 10.3. The zero-order valence-electron chi connectivity index (χ0n) is 15.8. The van der Waals surface area contributed by atoms with Crippen LogP contribution in [0.2, 0.25) is 0 Å². The molecule has 5 rings (SSSR count). The number of nitrogens with two attached hydrogens (primary N) is 1. The second-order valence-electron chi connectivity index (χ2n) is 9.47. The molecule has 0 unspecified atom stereocenters. The SMILES string of the molecule is C[C@]12CCC(=O)CC1=CC[C@@H]1[C@@H]2CC[C@]2(C)C(c3cnc(N)[nH]3)=CC[C@@H]12. The number of carbonyl (C=O) groups is 1. The van der Waals surface area contributed by atoms with Crippen LogP contribution in [0, 0.1) is 28.6 Å². The third-order valence-electron chi connectivity index (χ3n) is 8.40. The van der Waals surface area contributed by atoms with Crippen LogP contribution in [0.25, 0.3) is 5.57 Å². The van der Waals surface area contributed by atoms with E-state index in [0.29, 0.717) is 24.1 Å². The van der Waals surface area contributed by atoms with Crippen LogP contribution in [0.15, 0.2) is 23.9 Å². The Morgan fingerprint density at radius 1 is 1.15 bits per heavy atom. The van der Waals surface area contributed by atoms with Crippen molar-refractivity contribution >= 4 is 17.3 Å². The molecule has 0 saturated heterocycles. The third kappa shape index (κ3) is 2.07. The summed E-state index contributed by atoms with van der Waals surface area (Å²) in [5, 5.41) is 0. The number of imidazole rings is 1. The van der Waals surface area contributed by atoms with Crippen molar-refractivity contribution in [2.75, 3.05) is 5.73 Å². The van der Waals surface area contributed by atoms with Gasteiger partial charge in [0.15, 0.2) is 5.95 Å². The molecule has 1 heterocycles. The minimum absolute atomic E-state index is 0.215. The van der Waals surface area contributed by atoms with Gasteiger partial charge in [0.1, 0.15) is 5.78 Å². The first-order valence-corrected chi connectivity index (χ1v) is 10.1. The number of anilines is 1. The highest BCUT2D eigenvalue weighted by Crippen LogP contribution is 2.65. The number of Topliss-reactive ketones (excluding diaryl/α,β-unsaturated/α-hetero) is 1. The minimum Gasteiger partial charge on any atom is -0.369 e. The number of carbonyl (C=O) groups excluding carboxylic acids is 1. The van der Waals surface area contributed by atoms with Crippen molar-refractivity contribution in [3.05, 3.63) is 29.6 Å². The quantitative estimate of drug-likeness (QED) is 0.731. The van der Waals surface area contributed by atoms with E-state index in [4.69, 9.17) is 5.73 Å². The Kier molecular flexibility index (Phi) is 3.35. The van der Waals surface area contributed by atoms with Crippen LogP contribution in [-0.2, 0) is 4.79 Å². The zero-order valence-corrected chi connectivity index (χ0v) is 15.8. The molecule has 1 aromatic rings. The number of fused-ring (bicyclic) bond motifs is 5. The lowest BCUT2D eigenvalue weighted by molar-refractivity contribution is -0.122. The smallest absolute Gasteiger partial charge is 0.197 e. The van der Waals surface area contributed by atoms with Crippen LogP contribution < -0.4 is 5.73 Å². The number of ketones is 1. The van der Waals surface area contributed by atoms with Crippen molar-refractivity contribution < 1.29 is 4.79 Å². The first-order chi connectivity index (χ1) is 12.4. The zero-order chi connectivity index (χ0) is 18.1. The standard InChI is InChI=1S/C22H29N3O/c1-21-9-7-14(26)11-13(21)3-4-15-16-5-6-18(19-12-24-20(23)25-19)22(16,2)10-8-17(15)21/h3,6,12,15-17H,4-5,7-11H2,1-2H3,(H3,23,24,25)/t15-,16-,17-,21-,22-/m0/s1. The molecule has 0 aromatic carbocycles. The fraction of sp³-hybridized carbons (Fsp3) is 0.636. The van der Waals surface area contributed by atoms with Crippen molar-refractivity contribution in [1.29, 1.82) is 0 Å².